The van der Waals surface area contributed by atoms with Crippen LogP contribution in [-0.4, -0.2) is 131 Å². The van der Waals surface area contributed by atoms with Gasteiger partial charge in [0, 0.05) is 76.6 Å². The van der Waals surface area contributed by atoms with Crippen LogP contribution in [0.15, 0.2) is 48.5 Å². The number of nitrogens with zero attached hydrogens (tertiary/aromatic N) is 7. The number of anilines is 3. The zero-order chi connectivity index (χ0) is 37.4. The van der Waals surface area contributed by atoms with Gasteiger partial charge in [-0.1, -0.05) is 12.1 Å². The van der Waals surface area contributed by atoms with Gasteiger partial charge in [-0.15, -0.1) is 10.2 Å². The van der Waals surface area contributed by atoms with Crippen molar-refractivity contribution in [3.63, 3.8) is 0 Å². The van der Waals surface area contributed by atoms with Crippen LogP contribution >= 0.6 is 0 Å². The molecule has 14 heteroatoms. The maximum absolute atomic E-state index is 13.3. The molecule has 14 nitrogen and oxygen atoms in total. The summed E-state index contributed by atoms with van der Waals surface area (Å²) in [4.78, 5) is 61.7. The van der Waals surface area contributed by atoms with E-state index in [1.165, 1.54) is 26.1 Å². The lowest BCUT2D eigenvalue weighted by Crippen LogP contribution is -2.58. The Morgan fingerprint density at radius 3 is 2.40 bits per heavy atom. The number of phenols is 1. The van der Waals surface area contributed by atoms with Gasteiger partial charge in [-0.2, -0.15) is 0 Å². The van der Waals surface area contributed by atoms with Gasteiger partial charge >= 0.3 is 0 Å². The van der Waals surface area contributed by atoms with Crippen molar-refractivity contribution >= 4 is 40.8 Å². The lowest BCUT2D eigenvalue weighted by atomic mass is 9.92. The molecule has 3 N–H and O–H groups in total. The molecule has 0 bridgehead atoms. The number of carbonyl (C=O) groups excluding carboxylic acids is 4. The first kappa shape index (κ1) is 34.4. The van der Waals surface area contributed by atoms with Crippen molar-refractivity contribution in [1.29, 1.82) is 0 Å². The maximum Gasteiger partial charge on any atom is 0.262 e. The number of likely N-dealkylation sites (tertiary alicyclic amines) is 1. The van der Waals surface area contributed by atoms with Crippen molar-refractivity contribution in [3.05, 3.63) is 59.7 Å². The predicted molar refractivity (Wildman–Crippen MR) is 205 cm³/mol. The zero-order valence-corrected chi connectivity index (χ0v) is 30.9. The number of benzene rings is 2. The highest BCUT2D eigenvalue weighted by Crippen LogP contribution is 2.52. The molecule has 4 amide bonds. The highest BCUT2D eigenvalue weighted by atomic mass is 16.3. The number of hydrogen-bond donors (Lipinski definition) is 3. The fraction of sp³-hybridized carbons (Fsp3) is 0.512. The minimum atomic E-state index is -0.948. The molecule has 1 saturated carbocycles. The molecule has 3 aromatic rings. The summed E-state index contributed by atoms with van der Waals surface area (Å²) < 4.78 is 0. The molecule has 7 heterocycles. The molecule has 286 valence electrons. The number of amides is 4. The number of fused-ring (bicyclic) bond motifs is 5. The van der Waals surface area contributed by atoms with Crippen molar-refractivity contribution in [3.8, 4) is 17.0 Å². The molecule has 2 aromatic carbocycles. The molecular weight excluding hydrogens is 699 g/mol. The second-order valence-electron chi connectivity index (χ2n) is 16.6. The molecule has 1 aliphatic carbocycles. The van der Waals surface area contributed by atoms with Crippen LogP contribution in [0.5, 0.6) is 5.75 Å². The first-order valence-corrected chi connectivity index (χ1v) is 20.0. The fourth-order valence-corrected chi connectivity index (χ4v) is 10.3. The summed E-state index contributed by atoms with van der Waals surface area (Å²) in [5.41, 5.74) is 4.08. The van der Waals surface area contributed by atoms with E-state index in [0.717, 1.165) is 98.5 Å². The Labute approximate surface area is 319 Å². The van der Waals surface area contributed by atoms with Crippen LogP contribution in [0.25, 0.3) is 11.3 Å². The molecular formula is C41H47N9O5. The second-order valence-corrected chi connectivity index (χ2v) is 16.6. The van der Waals surface area contributed by atoms with Crippen LogP contribution in [0.2, 0.25) is 0 Å². The SMILES string of the molecule is O=C1CCC(N2C(=O)c3ccc(N4CCC(CCN5C[C@@H]6C(CN7CCN8c9cc(-c%10ccccc%10O)nnc9NC[C@H]8C7)[C@@H]6C5)CC4)cc3C2=O)C(=O)N1. The normalized spacial score (nSPS) is 28.1. The number of nitrogens with one attached hydrogen (secondary N) is 2. The zero-order valence-electron chi connectivity index (χ0n) is 30.9. The monoisotopic (exact) mass is 745 g/mol. The summed E-state index contributed by atoms with van der Waals surface area (Å²) in [7, 11) is 0. The predicted octanol–water partition coefficient (Wildman–Crippen LogP) is 2.65. The Morgan fingerprint density at radius 2 is 1.60 bits per heavy atom. The average Bonchev–Trinajstić information content (AvgIpc) is 3.50. The maximum atomic E-state index is 13.3. The Kier molecular flexibility index (Phi) is 8.50. The van der Waals surface area contributed by atoms with Gasteiger partial charge in [0.15, 0.2) is 5.82 Å². The van der Waals surface area contributed by atoms with Crippen molar-refractivity contribution in [1.82, 2.24) is 30.2 Å². The average molecular weight is 746 g/mol. The van der Waals surface area contributed by atoms with Crippen molar-refractivity contribution in [2.24, 2.45) is 23.7 Å². The fourth-order valence-electron chi connectivity index (χ4n) is 10.3. The molecule has 5 fully saturated rings. The number of hydrogen-bond acceptors (Lipinski definition) is 12. The standard InChI is InChI=1S/C41H47N9O5/c51-36-4-2-1-3-28(36)33-18-35-38(45-44-33)42-19-26-20-47(15-16-49(26)35)23-32-30-21-46(22-31(30)32)12-9-24-10-13-48(14-11-24)25-5-6-27-29(17-25)41(55)50(40(27)54)34-7-8-37(52)43-39(34)53/h1-6,17-18,24,26,30-32,34,51H,7-16,19-23H2,(H,42,45)(H,43,52,53)/t26-,30-,31+,32?,34?/m0/s1. The van der Waals surface area contributed by atoms with Gasteiger partial charge in [-0.3, -0.25) is 34.3 Å². The number of carbonyl (C=O) groups is 4. The minimum absolute atomic E-state index is 0.111. The molecule has 5 atom stereocenters. The van der Waals surface area contributed by atoms with Gasteiger partial charge in [-0.05, 0) is 92.3 Å². The molecule has 10 rings (SSSR count). The van der Waals surface area contributed by atoms with E-state index in [2.05, 4.69) is 46.5 Å². The first-order chi connectivity index (χ1) is 26.8. The van der Waals surface area contributed by atoms with E-state index in [9.17, 15) is 24.3 Å². The van der Waals surface area contributed by atoms with Crippen LogP contribution < -0.4 is 20.4 Å². The molecule has 55 heavy (non-hydrogen) atoms. The first-order valence-electron chi connectivity index (χ1n) is 20.0. The van der Waals surface area contributed by atoms with E-state index in [1.54, 1.807) is 12.1 Å². The quantitative estimate of drug-likeness (QED) is 0.291. The Balaban J connectivity index is 0.669. The third kappa shape index (κ3) is 6.19. The molecule has 1 aromatic heterocycles. The molecule has 7 aliphatic rings. The summed E-state index contributed by atoms with van der Waals surface area (Å²) >= 11 is 0. The smallest absolute Gasteiger partial charge is 0.262 e. The van der Waals surface area contributed by atoms with Gasteiger partial charge in [0.2, 0.25) is 11.8 Å². The Bertz CT molecular complexity index is 2060. The van der Waals surface area contributed by atoms with Crippen molar-refractivity contribution in [2.45, 2.75) is 44.2 Å². The van der Waals surface area contributed by atoms with E-state index in [-0.39, 0.29) is 24.5 Å². The second kappa shape index (κ2) is 13.6. The molecule has 6 aliphatic heterocycles. The van der Waals surface area contributed by atoms with E-state index in [0.29, 0.717) is 34.3 Å². The number of imide groups is 2. The van der Waals surface area contributed by atoms with E-state index in [4.69, 9.17) is 0 Å². The van der Waals surface area contributed by atoms with Gasteiger partial charge in [0.1, 0.15) is 11.8 Å². The topological polar surface area (TPSA) is 155 Å². The number of aromatic nitrogens is 2. The van der Waals surface area contributed by atoms with Crippen LogP contribution in [0.4, 0.5) is 17.2 Å². The molecule has 2 unspecified atom stereocenters. The highest BCUT2D eigenvalue weighted by molar-refractivity contribution is 6.23. The Morgan fingerprint density at radius 1 is 0.800 bits per heavy atom. The Hall–Kier alpha value is -5.08. The van der Waals surface area contributed by atoms with Crippen molar-refractivity contribution in [2.75, 3.05) is 80.6 Å². The third-order valence-corrected chi connectivity index (χ3v) is 13.5. The lowest BCUT2D eigenvalue weighted by molar-refractivity contribution is -0.136. The van der Waals surface area contributed by atoms with Gasteiger partial charge in [0.05, 0.1) is 28.6 Å². The third-order valence-electron chi connectivity index (χ3n) is 13.5. The number of piperidine rings is 3. The lowest BCUT2D eigenvalue weighted by Gasteiger charge is -2.46. The van der Waals surface area contributed by atoms with Crippen LogP contribution in [0, 0.1) is 23.7 Å². The summed E-state index contributed by atoms with van der Waals surface area (Å²) in [6, 6.07) is 14.2. The molecule has 0 radical (unpaired) electrons. The number of piperazine rings is 1. The summed E-state index contributed by atoms with van der Waals surface area (Å²) in [6.07, 6.45) is 3.68. The summed E-state index contributed by atoms with van der Waals surface area (Å²) in [5.74, 6) is 2.28. The van der Waals surface area contributed by atoms with E-state index >= 15 is 0 Å². The van der Waals surface area contributed by atoms with E-state index < -0.39 is 23.8 Å². The van der Waals surface area contributed by atoms with Gasteiger partial charge in [-0.25, -0.2) is 0 Å². The molecule has 4 saturated heterocycles. The largest absolute Gasteiger partial charge is 0.507 e. The van der Waals surface area contributed by atoms with Crippen LogP contribution in [0.3, 0.4) is 0 Å². The number of para-hydroxylation sites is 1. The van der Waals surface area contributed by atoms with Crippen LogP contribution in [0.1, 0.15) is 52.8 Å². The van der Waals surface area contributed by atoms with Gasteiger partial charge in [0.25, 0.3) is 11.8 Å². The highest BCUT2D eigenvalue weighted by Gasteiger charge is 2.55. The summed E-state index contributed by atoms with van der Waals surface area (Å²) in [5, 5.41) is 25.0. The van der Waals surface area contributed by atoms with Gasteiger partial charge < -0.3 is 25.1 Å². The molecule has 0 spiro atoms. The number of aromatic hydroxyl groups is 1. The summed E-state index contributed by atoms with van der Waals surface area (Å²) in [6.45, 7) is 10.5. The number of phenolic OH excluding ortho intramolecular Hbond substituents is 1. The minimum Gasteiger partial charge on any atom is -0.507 e. The van der Waals surface area contributed by atoms with Crippen molar-refractivity contribution < 1.29 is 24.3 Å². The number of rotatable bonds is 8. The van der Waals surface area contributed by atoms with E-state index in [1.807, 2.05) is 30.3 Å². The van der Waals surface area contributed by atoms with Crippen LogP contribution in [-0.2, 0) is 9.59 Å².